The first kappa shape index (κ1) is 19.0. The molecule has 6 rings (SSSR count). The molecule has 3 aromatic heterocycles. The van der Waals surface area contributed by atoms with Gasteiger partial charge < -0.3 is 18.9 Å². The standard InChI is InChI=1S/C23H23N7O2/c31-21(14-30-15-25-18-3-1-2-4-19(18)30)29-11-9-28(10-12-29)20-8-7-17(13-24-20)22-26-23(32-27-22)16-5-6-16/h1-4,7-8,13,15-16H,5-6,9-12,14H2. The molecule has 162 valence electrons. The van der Waals surface area contributed by atoms with Gasteiger partial charge in [0.15, 0.2) is 0 Å². The average Bonchev–Trinajstić information content (AvgIpc) is 3.44. The highest BCUT2D eigenvalue weighted by molar-refractivity contribution is 5.80. The van der Waals surface area contributed by atoms with E-state index in [0.29, 0.717) is 31.4 Å². The second-order valence-electron chi connectivity index (χ2n) is 8.36. The van der Waals surface area contributed by atoms with Crippen LogP contribution in [0.5, 0.6) is 0 Å². The molecule has 0 spiro atoms. The number of para-hydroxylation sites is 2. The van der Waals surface area contributed by atoms with Crippen molar-refractivity contribution in [3.8, 4) is 11.4 Å². The van der Waals surface area contributed by atoms with Crippen molar-refractivity contribution in [1.82, 2.24) is 29.6 Å². The van der Waals surface area contributed by atoms with Gasteiger partial charge in [0.2, 0.25) is 17.6 Å². The Kier molecular flexibility index (Phi) is 4.59. The highest BCUT2D eigenvalue weighted by Gasteiger charge is 2.30. The highest BCUT2D eigenvalue weighted by atomic mass is 16.5. The molecule has 0 unspecified atom stereocenters. The molecule has 1 saturated heterocycles. The molecule has 0 atom stereocenters. The van der Waals surface area contributed by atoms with E-state index >= 15 is 0 Å². The van der Waals surface area contributed by atoms with E-state index in [4.69, 9.17) is 4.52 Å². The first-order valence-electron chi connectivity index (χ1n) is 11.0. The topological polar surface area (TPSA) is 93.2 Å². The zero-order valence-electron chi connectivity index (χ0n) is 17.6. The molecule has 4 aromatic rings. The van der Waals surface area contributed by atoms with Crippen LogP contribution in [0, 0.1) is 0 Å². The minimum atomic E-state index is 0.111. The summed E-state index contributed by atoms with van der Waals surface area (Å²) in [5, 5.41) is 4.08. The van der Waals surface area contributed by atoms with Crippen LogP contribution in [-0.4, -0.2) is 61.7 Å². The summed E-state index contributed by atoms with van der Waals surface area (Å²) in [6.07, 6.45) is 5.79. The number of fused-ring (bicyclic) bond motifs is 1. The van der Waals surface area contributed by atoms with Gasteiger partial charge in [0.1, 0.15) is 12.4 Å². The van der Waals surface area contributed by atoms with Crippen LogP contribution in [0.3, 0.4) is 0 Å². The van der Waals surface area contributed by atoms with Gasteiger partial charge in [0, 0.05) is 43.9 Å². The van der Waals surface area contributed by atoms with Crippen LogP contribution in [0.1, 0.15) is 24.7 Å². The fourth-order valence-corrected chi connectivity index (χ4v) is 4.12. The predicted molar refractivity (Wildman–Crippen MR) is 118 cm³/mol. The summed E-state index contributed by atoms with van der Waals surface area (Å²) in [6, 6.07) is 11.8. The first-order chi connectivity index (χ1) is 15.7. The number of anilines is 1. The summed E-state index contributed by atoms with van der Waals surface area (Å²) in [6.45, 7) is 3.14. The molecule has 0 bridgehead atoms. The quantitative estimate of drug-likeness (QED) is 0.481. The molecule has 1 aliphatic heterocycles. The molecule has 2 aliphatic rings. The Labute approximate surface area is 184 Å². The molecule has 9 nitrogen and oxygen atoms in total. The van der Waals surface area contributed by atoms with Gasteiger partial charge in [-0.05, 0) is 37.1 Å². The number of hydrogen-bond donors (Lipinski definition) is 0. The van der Waals surface area contributed by atoms with E-state index in [2.05, 4.69) is 25.0 Å². The van der Waals surface area contributed by atoms with Crippen molar-refractivity contribution >= 4 is 22.8 Å². The van der Waals surface area contributed by atoms with Gasteiger partial charge in [-0.2, -0.15) is 4.98 Å². The maximum Gasteiger partial charge on any atom is 0.242 e. The lowest BCUT2D eigenvalue weighted by Crippen LogP contribution is -2.49. The molecule has 0 radical (unpaired) electrons. The minimum absolute atomic E-state index is 0.111. The Morgan fingerprint density at radius 3 is 2.66 bits per heavy atom. The number of amides is 1. The number of hydrogen-bond acceptors (Lipinski definition) is 7. The molecule has 32 heavy (non-hydrogen) atoms. The number of pyridine rings is 1. The second kappa shape index (κ2) is 7.74. The smallest absolute Gasteiger partial charge is 0.242 e. The lowest BCUT2D eigenvalue weighted by Gasteiger charge is -2.35. The normalized spacial score (nSPS) is 16.6. The van der Waals surface area contributed by atoms with Crippen molar-refractivity contribution in [1.29, 1.82) is 0 Å². The van der Waals surface area contributed by atoms with Crippen LogP contribution in [0.25, 0.3) is 22.4 Å². The lowest BCUT2D eigenvalue weighted by molar-refractivity contribution is -0.132. The van der Waals surface area contributed by atoms with Gasteiger partial charge in [-0.3, -0.25) is 4.79 Å². The Morgan fingerprint density at radius 1 is 1.03 bits per heavy atom. The minimum Gasteiger partial charge on any atom is -0.353 e. The Morgan fingerprint density at radius 2 is 1.88 bits per heavy atom. The zero-order valence-corrected chi connectivity index (χ0v) is 17.6. The number of rotatable bonds is 5. The summed E-state index contributed by atoms with van der Waals surface area (Å²) in [4.78, 5) is 30.4. The fraction of sp³-hybridized carbons (Fsp3) is 0.348. The first-order valence-corrected chi connectivity index (χ1v) is 11.0. The number of nitrogens with zero attached hydrogens (tertiary/aromatic N) is 7. The van der Waals surface area contributed by atoms with Crippen LogP contribution >= 0.6 is 0 Å². The largest absolute Gasteiger partial charge is 0.353 e. The van der Waals surface area contributed by atoms with E-state index in [1.165, 1.54) is 0 Å². The third kappa shape index (κ3) is 3.59. The van der Waals surface area contributed by atoms with Gasteiger partial charge >= 0.3 is 0 Å². The van der Waals surface area contributed by atoms with E-state index in [0.717, 1.165) is 54.2 Å². The fourth-order valence-electron chi connectivity index (χ4n) is 4.12. The summed E-state index contributed by atoms with van der Waals surface area (Å²) in [5.74, 6) is 2.77. The maximum absolute atomic E-state index is 12.8. The molecule has 1 aromatic carbocycles. The number of piperazine rings is 1. The van der Waals surface area contributed by atoms with Gasteiger partial charge in [-0.15, -0.1) is 0 Å². The summed E-state index contributed by atoms with van der Waals surface area (Å²) in [7, 11) is 0. The molecule has 1 aliphatic carbocycles. The van der Waals surface area contributed by atoms with Crippen molar-refractivity contribution in [2.24, 2.45) is 0 Å². The Hall–Kier alpha value is -3.75. The lowest BCUT2D eigenvalue weighted by atomic mass is 10.2. The number of carbonyl (C=O) groups is 1. The monoisotopic (exact) mass is 429 g/mol. The van der Waals surface area contributed by atoms with Crippen molar-refractivity contribution in [3.05, 3.63) is 54.8 Å². The molecular formula is C23H23N7O2. The Bertz CT molecular complexity index is 1250. The van der Waals surface area contributed by atoms with E-state index < -0.39 is 0 Å². The van der Waals surface area contributed by atoms with Gasteiger partial charge in [-0.1, -0.05) is 17.3 Å². The third-order valence-electron chi connectivity index (χ3n) is 6.16. The predicted octanol–water partition coefficient (Wildman–Crippen LogP) is 2.71. The SMILES string of the molecule is O=C(Cn1cnc2ccccc21)N1CCN(c2ccc(-c3noc(C4CC4)n3)cn2)CC1. The summed E-state index contributed by atoms with van der Waals surface area (Å²) >= 11 is 0. The van der Waals surface area contributed by atoms with Crippen LogP contribution in [-0.2, 0) is 11.3 Å². The highest BCUT2D eigenvalue weighted by Crippen LogP contribution is 2.39. The van der Waals surface area contributed by atoms with Gasteiger partial charge in [-0.25, -0.2) is 9.97 Å². The van der Waals surface area contributed by atoms with Crippen molar-refractivity contribution in [3.63, 3.8) is 0 Å². The third-order valence-corrected chi connectivity index (χ3v) is 6.16. The zero-order chi connectivity index (χ0) is 21.5. The van der Waals surface area contributed by atoms with E-state index in [1.807, 2.05) is 45.9 Å². The summed E-state index contributed by atoms with van der Waals surface area (Å²) < 4.78 is 7.26. The Balaban J connectivity index is 1.07. The second-order valence-corrected chi connectivity index (χ2v) is 8.36. The molecular weight excluding hydrogens is 406 g/mol. The van der Waals surface area contributed by atoms with Crippen LogP contribution in [0.15, 0.2) is 53.4 Å². The van der Waals surface area contributed by atoms with Gasteiger partial charge in [0.25, 0.3) is 0 Å². The number of imidazole rings is 1. The van der Waals surface area contributed by atoms with Crippen molar-refractivity contribution in [2.75, 3.05) is 31.1 Å². The van der Waals surface area contributed by atoms with Crippen molar-refractivity contribution < 1.29 is 9.32 Å². The molecule has 9 heteroatoms. The number of aromatic nitrogens is 5. The van der Waals surface area contributed by atoms with Crippen molar-refractivity contribution in [2.45, 2.75) is 25.3 Å². The molecule has 1 saturated carbocycles. The molecule has 0 N–H and O–H groups in total. The van der Waals surface area contributed by atoms with E-state index in [9.17, 15) is 4.79 Å². The van der Waals surface area contributed by atoms with Crippen LogP contribution in [0.2, 0.25) is 0 Å². The van der Waals surface area contributed by atoms with Crippen LogP contribution in [0.4, 0.5) is 5.82 Å². The maximum atomic E-state index is 12.8. The van der Waals surface area contributed by atoms with E-state index in [-0.39, 0.29) is 5.91 Å². The number of benzene rings is 1. The average molecular weight is 429 g/mol. The molecule has 1 amide bonds. The van der Waals surface area contributed by atoms with Gasteiger partial charge in [0.05, 0.1) is 17.4 Å². The summed E-state index contributed by atoms with van der Waals surface area (Å²) in [5.41, 5.74) is 2.74. The van der Waals surface area contributed by atoms with E-state index in [1.54, 1.807) is 12.5 Å². The van der Waals surface area contributed by atoms with Crippen LogP contribution < -0.4 is 4.90 Å². The molecule has 4 heterocycles. The molecule has 2 fully saturated rings. The number of carbonyl (C=O) groups excluding carboxylic acids is 1.